The average molecular weight is 365 g/mol. The highest BCUT2D eigenvalue weighted by molar-refractivity contribution is 9.10. The van der Waals surface area contributed by atoms with Gasteiger partial charge in [-0.1, -0.05) is 33.6 Å². The van der Waals surface area contributed by atoms with E-state index in [1.165, 1.54) is 0 Å². The molecule has 0 atom stereocenters. The van der Waals surface area contributed by atoms with E-state index in [4.69, 9.17) is 16.6 Å². The van der Waals surface area contributed by atoms with E-state index in [0.717, 1.165) is 38.6 Å². The standard InChI is InChI=1S/C16H15BrClN3/c1-2-21-15-7-6-11(17)8-14(15)20-16(21)10-19-13-5-3-4-12(18)9-13/h3-9,19H,2,10H2,1H3. The van der Waals surface area contributed by atoms with Crippen LogP contribution >= 0.6 is 27.5 Å². The summed E-state index contributed by atoms with van der Waals surface area (Å²) in [6.45, 7) is 3.69. The number of nitrogens with one attached hydrogen (secondary N) is 1. The zero-order valence-corrected chi connectivity index (χ0v) is 13.9. The van der Waals surface area contributed by atoms with Crippen molar-refractivity contribution in [3.05, 3.63) is 57.8 Å². The lowest BCUT2D eigenvalue weighted by atomic mass is 10.3. The van der Waals surface area contributed by atoms with Gasteiger partial charge in [0.2, 0.25) is 0 Å². The van der Waals surface area contributed by atoms with Crippen LogP contribution in [0.3, 0.4) is 0 Å². The summed E-state index contributed by atoms with van der Waals surface area (Å²) in [6.07, 6.45) is 0. The van der Waals surface area contributed by atoms with Crippen LogP contribution in [0.4, 0.5) is 5.69 Å². The van der Waals surface area contributed by atoms with Gasteiger partial charge in [0.15, 0.2) is 0 Å². The van der Waals surface area contributed by atoms with Crippen molar-refractivity contribution in [2.24, 2.45) is 0 Å². The summed E-state index contributed by atoms with van der Waals surface area (Å²) in [5, 5.41) is 4.10. The van der Waals surface area contributed by atoms with Crippen molar-refractivity contribution in [1.29, 1.82) is 0 Å². The highest BCUT2D eigenvalue weighted by Crippen LogP contribution is 2.22. The van der Waals surface area contributed by atoms with Crippen molar-refractivity contribution < 1.29 is 0 Å². The van der Waals surface area contributed by atoms with Crippen LogP contribution in [0, 0.1) is 0 Å². The second kappa shape index (κ2) is 6.08. The van der Waals surface area contributed by atoms with Crippen molar-refractivity contribution in [1.82, 2.24) is 9.55 Å². The highest BCUT2D eigenvalue weighted by atomic mass is 79.9. The smallest absolute Gasteiger partial charge is 0.129 e. The predicted molar refractivity (Wildman–Crippen MR) is 91.9 cm³/mol. The molecule has 0 fully saturated rings. The summed E-state index contributed by atoms with van der Waals surface area (Å²) in [7, 11) is 0. The largest absolute Gasteiger partial charge is 0.378 e. The van der Waals surface area contributed by atoms with Gasteiger partial charge in [0.05, 0.1) is 17.6 Å². The first-order valence-electron chi connectivity index (χ1n) is 6.81. The number of halogens is 2. The number of imidazole rings is 1. The molecule has 5 heteroatoms. The molecule has 0 spiro atoms. The van der Waals surface area contributed by atoms with Gasteiger partial charge in [0.1, 0.15) is 5.82 Å². The van der Waals surface area contributed by atoms with Gasteiger partial charge in [-0.3, -0.25) is 0 Å². The first-order valence-corrected chi connectivity index (χ1v) is 7.98. The molecule has 0 aliphatic rings. The fourth-order valence-corrected chi connectivity index (χ4v) is 2.96. The normalized spacial score (nSPS) is 11.0. The minimum atomic E-state index is 0.667. The number of aryl methyl sites for hydroxylation is 1. The molecule has 0 aliphatic carbocycles. The number of hydrogen-bond donors (Lipinski definition) is 1. The van der Waals surface area contributed by atoms with Crippen LogP contribution in [-0.2, 0) is 13.1 Å². The minimum absolute atomic E-state index is 0.667. The molecule has 0 radical (unpaired) electrons. The summed E-state index contributed by atoms with van der Waals surface area (Å²) in [5.74, 6) is 1.02. The Morgan fingerprint density at radius 3 is 2.86 bits per heavy atom. The van der Waals surface area contributed by atoms with Crippen LogP contribution in [-0.4, -0.2) is 9.55 Å². The molecule has 1 heterocycles. The molecule has 3 nitrogen and oxygen atoms in total. The minimum Gasteiger partial charge on any atom is -0.378 e. The maximum absolute atomic E-state index is 6.00. The molecule has 0 saturated heterocycles. The summed E-state index contributed by atoms with van der Waals surface area (Å²) in [6, 6.07) is 13.9. The van der Waals surface area contributed by atoms with Crippen LogP contribution in [0.25, 0.3) is 11.0 Å². The van der Waals surface area contributed by atoms with Crippen molar-refractivity contribution in [3.8, 4) is 0 Å². The van der Waals surface area contributed by atoms with E-state index in [-0.39, 0.29) is 0 Å². The Hall–Kier alpha value is -1.52. The molecule has 0 bridgehead atoms. The van der Waals surface area contributed by atoms with Gasteiger partial charge < -0.3 is 9.88 Å². The average Bonchev–Trinajstić information content (AvgIpc) is 2.81. The fourth-order valence-electron chi connectivity index (χ4n) is 2.42. The number of benzene rings is 2. The van der Waals surface area contributed by atoms with Crippen molar-refractivity contribution in [2.45, 2.75) is 20.0 Å². The van der Waals surface area contributed by atoms with Gasteiger partial charge in [0, 0.05) is 21.7 Å². The SMILES string of the molecule is CCn1c(CNc2cccc(Cl)c2)nc2cc(Br)ccc21. The Morgan fingerprint density at radius 1 is 1.24 bits per heavy atom. The summed E-state index contributed by atoms with van der Waals surface area (Å²) < 4.78 is 3.27. The first kappa shape index (κ1) is 14.4. The van der Waals surface area contributed by atoms with Crippen LogP contribution in [0.1, 0.15) is 12.7 Å². The molecule has 1 N–H and O–H groups in total. The van der Waals surface area contributed by atoms with Gasteiger partial charge in [-0.05, 0) is 43.3 Å². The molecule has 21 heavy (non-hydrogen) atoms. The molecule has 1 aromatic heterocycles. The third-order valence-electron chi connectivity index (χ3n) is 3.38. The van der Waals surface area contributed by atoms with Gasteiger partial charge in [-0.15, -0.1) is 0 Å². The zero-order valence-electron chi connectivity index (χ0n) is 11.6. The third-order valence-corrected chi connectivity index (χ3v) is 4.11. The molecule has 3 rings (SSSR count). The lowest BCUT2D eigenvalue weighted by Gasteiger charge is -2.08. The van der Waals surface area contributed by atoms with E-state index in [9.17, 15) is 0 Å². The number of anilines is 1. The lowest BCUT2D eigenvalue weighted by Crippen LogP contribution is -2.07. The van der Waals surface area contributed by atoms with Gasteiger partial charge >= 0.3 is 0 Å². The van der Waals surface area contributed by atoms with E-state index in [0.29, 0.717) is 6.54 Å². The zero-order chi connectivity index (χ0) is 14.8. The quantitative estimate of drug-likeness (QED) is 0.699. The van der Waals surface area contributed by atoms with Crippen molar-refractivity contribution >= 4 is 44.3 Å². The highest BCUT2D eigenvalue weighted by Gasteiger charge is 2.09. The monoisotopic (exact) mass is 363 g/mol. The Balaban J connectivity index is 1.89. The topological polar surface area (TPSA) is 29.9 Å². The Morgan fingerprint density at radius 2 is 2.10 bits per heavy atom. The predicted octanol–water partition coefficient (Wildman–Crippen LogP) is 5.08. The van der Waals surface area contributed by atoms with Gasteiger partial charge in [0.25, 0.3) is 0 Å². The number of rotatable bonds is 4. The second-order valence-corrected chi connectivity index (χ2v) is 6.12. The van der Waals surface area contributed by atoms with E-state index >= 15 is 0 Å². The molecule has 0 saturated carbocycles. The van der Waals surface area contributed by atoms with Gasteiger partial charge in [-0.25, -0.2) is 4.98 Å². The Labute approximate surface area is 137 Å². The fraction of sp³-hybridized carbons (Fsp3) is 0.188. The first-order chi connectivity index (χ1) is 10.2. The second-order valence-electron chi connectivity index (χ2n) is 4.77. The lowest BCUT2D eigenvalue weighted by molar-refractivity contribution is 0.729. The van der Waals surface area contributed by atoms with E-state index < -0.39 is 0 Å². The number of nitrogens with zero attached hydrogens (tertiary/aromatic N) is 2. The van der Waals surface area contributed by atoms with Crippen molar-refractivity contribution in [2.75, 3.05) is 5.32 Å². The van der Waals surface area contributed by atoms with Crippen LogP contribution < -0.4 is 5.32 Å². The Bertz CT molecular complexity index is 782. The van der Waals surface area contributed by atoms with Gasteiger partial charge in [-0.2, -0.15) is 0 Å². The van der Waals surface area contributed by atoms with Crippen LogP contribution in [0.15, 0.2) is 46.9 Å². The Kier molecular flexibility index (Phi) is 4.17. The molecular formula is C16H15BrClN3. The molecule has 0 amide bonds. The molecular weight excluding hydrogens is 350 g/mol. The molecule has 2 aromatic carbocycles. The maximum atomic E-state index is 6.00. The van der Waals surface area contributed by atoms with Crippen LogP contribution in [0.5, 0.6) is 0 Å². The number of aromatic nitrogens is 2. The maximum Gasteiger partial charge on any atom is 0.129 e. The summed E-state index contributed by atoms with van der Waals surface area (Å²) >= 11 is 9.49. The van der Waals surface area contributed by atoms with E-state index in [2.05, 4.69) is 38.8 Å². The van der Waals surface area contributed by atoms with E-state index in [1.807, 2.05) is 36.4 Å². The molecule has 0 unspecified atom stereocenters. The summed E-state index contributed by atoms with van der Waals surface area (Å²) in [5.41, 5.74) is 3.16. The van der Waals surface area contributed by atoms with Crippen LogP contribution in [0.2, 0.25) is 5.02 Å². The van der Waals surface area contributed by atoms with E-state index in [1.54, 1.807) is 0 Å². The molecule has 108 valence electrons. The molecule has 0 aliphatic heterocycles. The molecule has 3 aromatic rings. The third kappa shape index (κ3) is 3.06. The summed E-state index contributed by atoms with van der Waals surface area (Å²) in [4.78, 5) is 4.72. The van der Waals surface area contributed by atoms with Crippen molar-refractivity contribution in [3.63, 3.8) is 0 Å². The number of fused-ring (bicyclic) bond motifs is 1. The number of hydrogen-bond acceptors (Lipinski definition) is 2.